The number of hydrogen-bond acceptors (Lipinski definition) is 10. The summed E-state index contributed by atoms with van der Waals surface area (Å²) in [6.45, 7) is -0.254. The van der Waals surface area contributed by atoms with Crippen LogP contribution in [-0.2, 0) is 9.59 Å². The van der Waals surface area contributed by atoms with Crippen LogP contribution in [0.15, 0.2) is 39.8 Å². The fraction of sp³-hybridized carbons (Fsp3) is 0.273. The first-order chi connectivity index (χ1) is 17.0. The molecule has 0 saturated carbocycles. The van der Waals surface area contributed by atoms with Crippen molar-refractivity contribution < 1.29 is 34.8 Å². The van der Waals surface area contributed by atoms with Gasteiger partial charge in [0.1, 0.15) is 11.5 Å². The second-order valence-corrected chi connectivity index (χ2v) is 9.15. The molecule has 1 unspecified atom stereocenters. The van der Waals surface area contributed by atoms with Crippen LogP contribution in [0.4, 0.5) is 5.69 Å². The van der Waals surface area contributed by atoms with Crippen molar-refractivity contribution in [3.8, 4) is 11.5 Å². The Morgan fingerprint density at radius 1 is 1.25 bits per heavy atom. The highest BCUT2D eigenvalue weighted by Gasteiger charge is 2.35. The first-order valence-electron chi connectivity index (χ1n) is 10.5. The van der Waals surface area contributed by atoms with Crippen molar-refractivity contribution >= 4 is 57.0 Å². The van der Waals surface area contributed by atoms with Gasteiger partial charge in [-0.05, 0) is 24.3 Å². The van der Waals surface area contributed by atoms with Crippen molar-refractivity contribution in [3.05, 3.63) is 51.0 Å². The molecule has 14 heteroatoms. The second kappa shape index (κ2) is 11.6. The Balaban J connectivity index is 2.06. The molecule has 1 aliphatic heterocycles. The molecule has 2 atom stereocenters. The maximum atomic E-state index is 13.6. The minimum atomic E-state index is -1.48. The Morgan fingerprint density at radius 2 is 1.97 bits per heavy atom. The molecule has 2 aromatic carbocycles. The molecule has 192 valence electrons. The first-order valence-corrected chi connectivity index (χ1v) is 11.7. The fourth-order valence-electron chi connectivity index (χ4n) is 3.57. The van der Waals surface area contributed by atoms with Crippen molar-refractivity contribution in [2.45, 2.75) is 18.6 Å². The Labute approximate surface area is 218 Å². The summed E-state index contributed by atoms with van der Waals surface area (Å²) in [5.41, 5.74) is 5.49. The number of aliphatic hydroxyl groups is 1. The minimum Gasteiger partial charge on any atom is -0.508 e. The van der Waals surface area contributed by atoms with E-state index in [2.05, 4.69) is 31.6 Å². The zero-order valence-electron chi connectivity index (χ0n) is 18.6. The summed E-state index contributed by atoms with van der Waals surface area (Å²) in [6.07, 6.45) is -1.41. The normalized spacial score (nSPS) is 15.9. The van der Waals surface area contributed by atoms with Crippen LogP contribution in [0.5, 0.6) is 11.5 Å². The standard InChI is InChI=1S/C22H23BrClN5O7/c23-11-3-15(20(35)16(24)4-11)17(6-19(33)34)29(18(32)7-25)21(36)10-1-12(5-13(30)2-10)28-22-26-8-14(31)9-27-22/h1-5,14,17,30-31,35H,6-9,25H2,(H,33,34)(H2,26,27,28)/t17-/m1/s1. The molecule has 0 aliphatic carbocycles. The van der Waals surface area contributed by atoms with E-state index in [0.717, 1.165) is 6.07 Å². The highest BCUT2D eigenvalue weighted by atomic mass is 79.9. The van der Waals surface area contributed by atoms with E-state index in [1.165, 1.54) is 24.3 Å². The van der Waals surface area contributed by atoms with E-state index in [1.54, 1.807) is 0 Å². The van der Waals surface area contributed by atoms with E-state index < -0.39 is 48.6 Å². The molecule has 1 heterocycles. The highest BCUT2D eigenvalue weighted by molar-refractivity contribution is 9.10. The van der Waals surface area contributed by atoms with Gasteiger partial charge >= 0.3 is 5.97 Å². The molecule has 0 aromatic heterocycles. The number of carbonyl (C=O) groups excluding carboxylic acids is 2. The molecule has 0 fully saturated rings. The number of benzene rings is 2. The number of aromatic hydroxyl groups is 2. The lowest BCUT2D eigenvalue weighted by molar-refractivity contribution is -0.139. The molecule has 0 radical (unpaired) electrons. The van der Waals surface area contributed by atoms with Gasteiger partial charge in [-0.2, -0.15) is 0 Å². The largest absolute Gasteiger partial charge is 0.508 e. The van der Waals surface area contributed by atoms with Gasteiger partial charge in [-0.15, -0.1) is 0 Å². The van der Waals surface area contributed by atoms with E-state index in [0.29, 0.717) is 9.37 Å². The number of carbonyl (C=O) groups is 3. The molecule has 12 nitrogen and oxygen atoms in total. The van der Waals surface area contributed by atoms with Gasteiger partial charge in [0.2, 0.25) is 5.91 Å². The van der Waals surface area contributed by atoms with Gasteiger partial charge in [0.05, 0.1) is 36.7 Å². The smallest absolute Gasteiger partial charge is 0.305 e. The SMILES string of the molecule is NCC(=O)N(C(=O)c1cc(O)cc(NC2=NCC(O)CN2)c1)[C@H](CC(=O)O)c1cc(Br)cc(Cl)c1O. The predicted octanol–water partition coefficient (Wildman–Crippen LogP) is 1.39. The number of nitrogens with one attached hydrogen (secondary N) is 2. The number of halogens is 2. The molecule has 36 heavy (non-hydrogen) atoms. The average Bonchev–Trinajstić information content (AvgIpc) is 2.81. The summed E-state index contributed by atoms with van der Waals surface area (Å²) in [5.74, 6) is -3.80. The van der Waals surface area contributed by atoms with Crippen molar-refractivity contribution in [2.24, 2.45) is 10.7 Å². The first kappa shape index (κ1) is 27.2. The van der Waals surface area contributed by atoms with Crippen LogP contribution in [0, 0.1) is 0 Å². The van der Waals surface area contributed by atoms with Crippen LogP contribution in [0.2, 0.25) is 5.02 Å². The predicted molar refractivity (Wildman–Crippen MR) is 134 cm³/mol. The number of aliphatic carboxylic acids is 1. The third-order valence-electron chi connectivity index (χ3n) is 5.15. The van der Waals surface area contributed by atoms with E-state index >= 15 is 0 Å². The van der Waals surface area contributed by atoms with E-state index in [-0.39, 0.29) is 46.6 Å². The van der Waals surface area contributed by atoms with Gasteiger partial charge in [-0.25, -0.2) is 0 Å². The number of hydrogen-bond donors (Lipinski definition) is 7. The quantitative estimate of drug-likeness (QED) is 0.250. The molecule has 1 aliphatic rings. The number of rotatable bonds is 7. The van der Waals surface area contributed by atoms with Gasteiger partial charge in [0.15, 0.2) is 5.96 Å². The molecule has 8 N–H and O–H groups in total. The van der Waals surface area contributed by atoms with Gasteiger partial charge in [0.25, 0.3) is 5.91 Å². The number of imide groups is 1. The van der Waals surface area contributed by atoms with Crippen LogP contribution in [0.3, 0.4) is 0 Å². The molecule has 0 spiro atoms. The number of β-amino-alcohol motifs (C(OH)–C–C–N with tert-alkyl or cyclic N) is 1. The number of amides is 2. The van der Waals surface area contributed by atoms with Crippen LogP contribution < -0.4 is 16.4 Å². The number of nitrogens with zero attached hydrogens (tertiary/aromatic N) is 2. The lowest BCUT2D eigenvalue weighted by Crippen LogP contribution is -2.44. The molecule has 3 rings (SSSR count). The number of guanidine groups is 1. The van der Waals surface area contributed by atoms with E-state index in [9.17, 15) is 34.8 Å². The monoisotopic (exact) mass is 583 g/mol. The van der Waals surface area contributed by atoms with Gasteiger partial charge in [0, 0.05) is 33.9 Å². The molecule has 2 aromatic rings. The molecule has 0 bridgehead atoms. The van der Waals surface area contributed by atoms with Crippen molar-refractivity contribution in [1.29, 1.82) is 0 Å². The molecular formula is C22H23BrClN5O7. The zero-order chi connectivity index (χ0) is 26.6. The number of carboxylic acids is 1. The van der Waals surface area contributed by atoms with Crippen LogP contribution >= 0.6 is 27.5 Å². The summed E-state index contributed by atoms with van der Waals surface area (Å²) in [4.78, 5) is 42.8. The van der Waals surface area contributed by atoms with Crippen LogP contribution in [-0.4, -0.2) is 74.8 Å². The van der Waals surface area contributed by atoms with E-state index in [1.807, 2.05) is 0 Å². The Kier molecular flexibility index (Phi) is 8.74. The summed E-state index contributed by atoms with van der Waals surface area (Å²) in [7, 11) is 0. The minimum absolute atomic E-state index is 0.0928. The lowest BCUT2D eigenvalue weighted by Gasteiger charge is -2.30. The number of anilines is 1. The Bertz CT molecular complexity index is 1230. The summed E-state index contributed by atoms with van der Waals surface area (Å²) < 4.78 is 0.373. The lowest BCUT2D eigenvalue weighted by atomic mass is 9.99. The van der Waals surface area contributed by atoms with Crippen molar-refractivity contribution in [3.63, 3.8) is 0 Å². The number of phenolic OH excluding ortho intramolecular Hbond substituents is 2. The van der Waals surface area contributed by atoms with Crippen molar-refractivity contribution in [1.82, 2.24) is 10.2 Å². The maximum Gasteiger partial charge on any atom is 0.305 e. The zero-order valence-corrected chi connectivity index (χ0v) is 21.0. The maximum absolute atomic E-state index is 13.6. The molecule has 0 saturated heterocycles. The Hall–Kier alpha value is -3.39. The van der Waals surface area contributed by atoms with Crippen LogP contribution in [0.25, 0.3) is 0 Å². The number of aliphatic hydroxyl groups excluding tert-OH is 1. The molecule has 2 amide bonds. The average molecular weight is 585 g/mol. The van der Waals surface area contributed by atoms with Gasteiger partial charge in [-0.3, -0.25) is 24.3 Å². The number of aliphatic imine (C=N–C) groups is 1. The number of nitrogens with two attached hydrogens (primary N) is 1. The summed E-state index contributed by atoms with van der Waals surface area (Å²) in [6, 6.07) is 4.94. The third kappa shape index (κ3) is 6.43. The third-order valence-corrected chi connectivity index (χ3v) is 5.90. The summed E-state index contributed by atoms with van der Waals surface area (Å²) in [5, 5.41) is 45.4. The second-order valence-electron chi connectivity index (χ2n) is 7.83. The fourth-order valence-corrected chi connectivity index (χ4v) is 4.40. The van der Waals surface area contributed by atoms with Gasteiger partial charge in [-0.1, -0.05) is 27.5 Å². The number of carboxylic acid groups (broad SMARTS) is 1. The highest BCUT2D eigenvalue weighted by Crippen LogP contribution is 2.39. The van der Waals surface area contributed by atoms with E-state index in [4.69, 9.17) is 17.3 Å². The Morgan fingerprint density at radius 3 is 2.58 bits per heavy atom. The topological polar surface area (TPSA) is 198 Å². The van der Waals surface area contributed by atoms with Crippen LogP contribution in [0.1, 0.15) is 28.4 Å². The van der Waals surface area contributed by atoms with Crippen molar-refractivity contribution in [2.75, 3.05) is 25.0 Å². The van der Waals surface area contributed by atoms with Gasteiger partial charge < -0.3 is 36.8 Å². The number of phenols is 2. The summed E-state index contributed by atoms with van der Waals surface area (Å²) >= 11 is 9.25. The molecular weight excluding hydrogens is 562 g/mol.